The van der Waals surface area contributed by atoms with Crippen molar-refractivity contribution < 1.29 is 14.3 Å². The lowest BCUT2D eigenvalue weighted by molar-refractivity contribution is 0.0678. The number of fused-ring (bicyclic) bond motifs is 3. The first-order valence-corrected chi connectivity index (χ1v) is 13.5. The van der Waals surface area contributed by atoms with Crippen LogP contribution in [0, 0.1) is 11.8 Å². The number of carbonyl (C=O) groups is 1. The Morgan fingerprint density at radius 3 is 2.83 bits per heavy atom. The number of aryl methyl sites for hydroxylation is 1. The highest BCUT2D eigenvalue weighted by Crippen LogP contribution is 2.44. The van der Waals surface area contributed by atoms with Crippen molar-refractivity contribution in [2.75, 3.05) is 13.2 Å². The lowest BCUT2D eigenvalue weighted by atomic mass is 9.87. The summed E-state index contributed by atoms with van der Waals surface area (Å²) in [5.74, 6) is 2.45. The molecule has 2 N–H and O–H groups in total. The number of pyridine rings is 1. The Morgan fingerprint density at radius 2 is 2.06 bits per heavy atom. The van der Waals surface area contributed by atoms with Gasteiger partial charge in [-0.1, -0.05) is 24.6 Å². The molecule has 2 aromatic rings. The van der Waals surface area contributed by atoms with E-state index in [1.54, 1.807) is 12.3 Å². The van der Waals surface area contributed by atoms with Crippen LogP contribution >= 0.6 is 0 Å². The van der Waals surface area contributed by atoms with Crippen molar-refractivity contribution in [3.8, 4) is 5.75 Å². The Morgan fingerprint density at radius 1 is 1.09 bits per heavy atom. The Labute approximate surface area is 208 Å². The molecule has 1 saturated heterocycles. The molecule has 2 bridgehead atoms. The molecule has 3 unspecified atom stereocenters. The summed E-state index contributed by atoms with van der Waals surface area (Å²) in [6.07, 6.45) is 12.5. The SMILES string of the molecule is O=C(N[C@H]1CCc2cc(CNC3CC4CCC3C4)ccc2C1)c1ccc(OC[C@@H]2CCCO2)cn1. The maximum atomic E-state index is 12.8. The lowest BCUT2D eigenvalue weighted by Crippen LogP contribution is -2.39. The van der Waals surface area contributed by atoms with E-state index in [0.29, 0.717) is 18.1 Å². The van der Waals surface area contributed by atoms with E-state index in [9.17, 15) is 4.79 Å². The van der Waals surface area contributed by atoms with Gasteiger partial charge in [0.1, 0.15) is 18.1 Å². The zero-order valence-corrected chi connectivity index (χ0v) is 20.5. The van der Waals surface area contributed by atoms with Gasteiger partial charge in [-0.2, -0.15) is 0 Å². The molecule has 2 saturated carbocycles. The number of hydrogen-bond acceptors (Lipinski definition) is 5. The molecule has 6 heteroatoms. The Balaban J connectivity index is 0.984. The smallest absolute Gasteiger partial charge is 0.270 e. The number of benzene rings is 1. The quantitative estimate of drug-likeness (QED) is 0.599. The number of ether oxygens (including phenoxy) is 2. The fourth-order valence-corrected chi connectivity index (χ4v) is 6.61. The molecule has 3 fully saturated rings. The van der Waals surface area contributed by atoms with Crippen molar-refractivity contribution >= 4 is 5.91 Å². The van der Waals surface area contributed by atoms with Gasteiger partial charge in [-0.05, 0) is 92.0 Å². The van der Waals surface area contributed by atoms with Crippen LogP contribution in [-0.2, 0) is 24.1 Å². The molecule has 4 aliphatic rings. The summed E-state index contributed by atoms with van der Waals surface area (Å²) in [6, 6.07) is 11.3. The monoisotopic (exact) mass is 475 g/mol. The Bertz CT molecular complexity index is 1030. The Kier molecular flexibility index (Phi) is 6.75. The van der Waals surface area contributed by atoms with Gasteiger partial charge in [0.05, 0.1) is 12.3 Å². The molecule has 6 nitrogen and oxygen atoms in total. The second-order valence-corrected chi connectivity index (χ2v) is 11.0. The number of hydrogen-bond donors (Lipinski definition) is 2. The molecule has 0 spiro atoms. The maximum absolute atomic E-state index is 12.8. The number of aromatic nitrogens is 1. The summed E-state index contributed by atoms with van der Waals surface area (Å²) in [5.41, 5.74) is 4.62. The third-order valence-electron chi connectivity index (χ3n) is 8.57. The van der Waals surface area contributed by atoms with Crippen molar-refractivity contribution in [3.63, 3.8) is 0 Å². The van der Waals surface area contributed by atoms with Gasteiger partial charge in [-0.25, -0.2) is 4.98 Å². The average Bonchev–Trinajstić information content (AvgIpc) is 3.66. The van der Waals surface area contributed by atoms with E-state index >= 15 is 0 Å². The zero-order chi connectivity index (χ0) is 23.6. The van der Waals surface area contributed by atoms with Crippen LogP contribution in [0.25, 0.3) is 0 Å². The van der Waals surface area contributed by atoms with Crippen LogP contribution in [0.1, 0.15) is 72.1 Å². The fourth-order valence-electron chi connectivity index (χ4n) is 6.61. The van der Waals surface area contributed by atoms with Crippen LogP contribution in [0.3, 0.4) is 0 Å². The molecule has 35 heavy (non-hydrogen) atoms. The number of carbonyl (C=O) groups excluding carboxylic acids is 1. The van der Waals surface area contributed by atoms with Crippen molar-refractivity contribution in [2.45, 2.75) is 82.5 Å². The van der Waals surface area contributed by atoms with Gasteiger partial charge in [0, 0.05) is 25.2 Å². The van der Waals surface area contributed by atoms with Gasteiger partial charge >= 0.3 is 0 Å². The predicted octanol–water partition coefficient (Wildman–Crippen LogP) is 4.20. The van der Waals surface area contributed by atoms with Gasteiger partial charge in [0.2, 0.25) is 0 Å². The van der Waals surface area contributed by atoms with Crippen LogP contribution in [0.5, 0.6) is 5.75 Å². The minimum absolute atomic E-state index is 0.115. The van der Waals surface area contributed by atoms with Crippen LogP contribution in [0.15, 0.2) is 36.5 Å². The molecule has 2 heterocycles. The van der Waals surface area contributed by atoms with Crippen LogP contribution in [0.4, 0.5) is 0 Å². The Hall–Kier alpha value is -2.44. The van der Waals surface area contributed by atoms with Crippen molar-refractivity contribution in [1.82, 2.24) is 15.6 Å². The molecule has 1 aromatic carbocycles. The summed E-state index contributed by atoms with van der Waals surface area (Å²) in [6.45, 7) is 2.32. The van der Waals surface area contributed by atoms with Crippen LogP contribution < -0.4 is 15.4 Å². The van der Waals surface area contributed by atoms with E-state index in [2.05, 4.69) is 33.8 Å². The minimum atomic E-state index is -0.115. The average molecular weight is 476 g/mol. The van der Waals surface area contributed by atoms with E-state index in [-0.39, 0.29) is 18.1 Å². The third kappa shape index (κ3) is 5.39. The van der Waals surface area contributed by atoms with Crippen molar-refractivity contribution in [2.24, 2.45) is 11.8 Å². The predicted molar refractivity (Wildman–Crippen MR) is 135 cm³/mol. The minimum Gasteiger partial charge on any atom is -0.489 e. The van der Waals surface area contributed by atoms with Gasteiger partial charge < -0.3 is 20.1 Å². The van der Waals surface area contributed by atoms with Gasteiger partial charge in [0.15, 0.2) is 0 Å². The second kappa shape index (κ2) is 10.3. The molecule has 6 rings (SSSR count). The highest BCUT2D eigenvalue weighted by molar-refractivity contribution is 5.92. The number of nitrogens with one attached hydrogen (secondary N) is 2. The fraction of sp³-hybridized carbons (Fsp3) is 0.586. The van der Waals surface area contributed by atoms with E-state index in [1.165, 1.54) is 42.4 Å². The van der Waals surface area contributed by atoms with Crippen LogP contribution in [-0.4, -0.2) is 42.3 Å². The molecule has 1 amide bonds. The summed E-state index contributed by atoms with van der Waals surface area (Å²) in [7, 11) is 0. The molecule has 0 radical (unpaired) electrons. The first kappa shape index (κ1) is 23.0. The largest absolute Gasteiger partial charge is 0.489 e. The first-order valence-electron chi connectivity index (χ1n) is 13.5. The van der Waals surface area contributed by atoms with Crippen molar-refractivity contribution in [1.29, 1.82) is 0 Å². The summed E-state index contributed by atoms with van der Waals surface area (Å²) in [5, 5.41) is 7.03. The zero-order valence-electron chi connectivity index (χ0n) is 20.5. The van der Waals surface area contributed by atoms with Crippen LogP contribution in [0.2, 0.25) is 0 Å². The molecule has 5 atom stereocenters. The molecular weight excluding hydrogens is 438 g/mol. The summed E-state index contributed by atoms with van der Waals surface area (Å²) in [4.78, 5) is 17.1. The van der Waals surface area contributed by atoms with Gasteiger partial charge in [0.25, 0.3) is 5.91 Å². The highest BCUT2D eigenvalue weighted by Gasteiger charge is 2.39. The molecule has 186 valence electrons. The maximum Gasteiger partial charge on any atom is 0.270 e. The first-order chi connectivity index (χ1) is 17.2. The molecule has 1 aromatic heterocycles. The number of nitrogens with zero attached hydrogens (tertiary/aromatic N) is 1. The highest BCUT2D eigenvalue weighted by atomic mass is 16.5. The van der Waals surface area contributed by atoms with E-state index < -0.39 is 0 Å². The van der Waals surface area contributed by atoms with E-state index in [1.807, 2.05) is 6.07 Å². The van der Waals surface area contributed by atoms with Crippen molar-refractivity contribution in [3.05, 3.63) is 58.9 Å². The number of rotatable bonds is 8. The second-order valence-electron chi connectivity index (χ2n) is 11.0. The topological polar surface area (TPSA) is 72.5 Å². The summed E-state index contributed by atoms with van der Waals surface area (Å²) < 4.78 is 11.3. The molecular formula is C29H37N3O3. The summed E-state index contributed by atoms with van der Waals surface area (Å²) >= 11 is 0. The third-order valence-corrected chi connectivity index (χ3v) is 8.57. The van der Waals surface area contributed by atoms with Gasteiger partial charge in [-0.15, -0.1) is 0 Å². The standard InChI is InChI=1S/C29H37N3O3/c33-29(27-10-9-25(17-31-27)35-18-26-2-1-11-34-26)32-24-8-7-21-13-20(4-5-22(21)15-24)16-30-28-14-19-3-6-23(28)12-19/h4-5,9-10,13,17,19,23-24,26,28,30H,1-3,6-8,11-12,14-16,18H2,(H,32,33)/t19?,23?,24-,26-,28?/m0/s1. The van der Waals surface area contributed by atoms with E-state index in [0.717, 1.165) is 63.1 Å². The van der Waals surface area contributed by atoms with Gasteiger partial charge in [-0.3, -0.25) is 4.79 Å². The molecule has 1 aliphatic heterocycles. The normalized spacial score (nSPS) is 29.2. The molecule has 3 aliphatic carbocycles. The number of amides is 1. The van der Waals surface area contributed by atoms with E-state index in [4.69, 9.17) is 9.47 Å². The lowest BCUT2D eigenvalue weighted by Gasteiger charge is -2.27.